The monoisotopic (exact) mass is 457 g/mol. The van der Waals surface area contributed by atoms with Gasteiger partial charge in [0, 0.05) is 28.8 Å². The van der Waals surface area contributed by atoms with Crippen molar-refractivity contribution >= 4 is 27.3 Å². The average Bonchev–Trinajstić information content (AvgIpc) is 3.50. The maximum atomic E-state index is 12.6. The molecule has 1 saturated carbocycles. The number of amides is 1. The van der Waals surface area contributed by atoms with Crippen LogP contribution < -0.4 is 10.0 Å². The smallest absolute Gasteiger partial charge is 0.273 e. The lowest BCUT2D eigenvalue weighted by molar-refractivity contribution is -0.385. The van der Waals surface area contributed by atoms with E-state index in [4.69, 9.17) is 4.52 Å². The molecule has 1 heterocycles. The van der Waals surface area contributed by atoms with Crippen LogP contribution in [-0.4, -0.2) is 29.4 Å². The first-order valence-electron chi connectivity index (χ1n) is 9.71. The van der Waals surface area contributed by atoms with Gasteiger partial charge in [-0.25, -0.2) is 8.42 Å². The van der Waals surface area contributed by atoms with Crippen LogP contribution in [0.25, 0.3) is 0 Å². The zero-order valence-corrected chi connectivity index (χ0v) is 17.8. The molecule has 0 radical (unpaired) electrons. The Labute approximate surface area is 183 Å². The van der Waals surface area contributed by atoms with Crippen molar-refractivity contribution in [1.82, 2.24) is 15.5 Å². The highest BCUT2D eigenvalue weighted by molar-refractivity contribution is 7.92. The molecular formula is C20H19N5O6S. The Hall–Kier alpha value is -3.80. The lowest BCUT2D eigenvalue weighted by Crippen LogP contribution is -2.23. The number of sulfonamides is 1. The van der Waals surface area contributed by atoms with E-state index in [-0.39, 0.29) is 28.7 Å². The molecule has 166 valence electrons. The van der Waals surface area contributed by atoms with Crippen molar-refractivity contribution in [3.05, 3.63) is 75.4 Å². The number of nitro groups is 1. The van der Waals surface area contributed by atoms with Gasteiger partial charge in [-0.2, -0.15) is 4.98 Å². The molecule has 1 amide bonds. The Morgan fingerprint density at radius 3 is 2.59 bits per heavy atom. The molecule has 0 unspecified atom stereocenters. The fourth-order valence-corrected chi connectivity index (χ4v) is 4.04. The number of aromatic nitrogens is 2. The third kappa shape index (κ3) is 4.75. The predicted molar refractivity (Wildman–Crippen MR) is 113 cm³/mol. The summed E-state index contributed by atoms with van der Waals surface area (Å²) >= 11 is 0. The largest absolute Gasteiger partial charge is 0.343 e. The van der Waals surface area contributed by atoms with E-state index in [0.717, 1.165) is 18.9 Å². The molecule has 0 saturated heterocycles. The standard InChI is InChI=1S/C20H19N5O6S/c1-12-2-9-16(10-17(12)25(27)28)32(29,30)24-15-7-5-14(6-8-15)20(26)21-11-18-22-19(23-31-18)13-3-4-13/h2,5-10,13,24H,3-4,11H2,1H3,(H,21,26). The number of carbonyl (C=O) groups is 1. The lowest BCUT2D eigenvalue weighted by atomic mass is 10.2. The number of anilines is 1. The summed E-state index contributed by atoms with van der Waals surface area (Å²) in [5.74, 6) is 0.937. The van der Waals surface area contributed by atoms with Gasteiger partial charge in [-0.3, -0.25) is 19.6 Å². The second-order valence-corrected chi connectivity index (χ2v) is 9.07. The molecule has 1 aliphatic rings. The van der Waals surface area contributed by atoms with Crippen LogP contribution >= 0.6 is 0 Å². The number of benzene rings is 2. The van der Waals surface area contributed by atoms with Gasteiger partial charge in [0.2, 0.25) is 5.89 Å². The average molecular weight is 457 g/mol. The summed E-state index contributed by atoms with van der Waals surface area (Å²) in [6, 6.07) is 9.42. The molecule has 2 N–H and O–H groups in total. The van der Waals surface area contributed by atoms with Gasteiger partial charge in [-0.15, -0.1) is 0 Å². The maximum absolute atomic E-state index is 12.6. The molecule has 12 heteroatoms. The van der Waals surface area contributed by atoms with Crippen LogP contribution in [0.2, 0.25) is 0 Å². The number of hydrogen-bond donors (Lipinski definition) is 2. The quantitative estimate of drug-likeness (QED) is 0.386. The van der Waals surface area contributed by atoms with Crippen LogP contribution in [0.3, 0.4) is 0 Å². The Bertz CT molecular complexity index is 1280. The number of carbonyl (C=O) groups excluding carboxylic acids is 1. The first kappa shape index (κ1) is 21.4. The van der Waals surface area contributed by atoms with Gasteiger partial charge in [-0.05, 0) is 50.1 Å². The number of aryl methyl sites for hydroxylation is 1. The summed E-state index contributed by atoms with van der Waals surface area (Å²) in [5.41, 5.74) is 0.579. The highest BCUT2D eigenvalue weighted by Crippen LogP contribution is 2.38. The summed E-state index contributed by atoms with van der Waals surface area (Å²) in [6.45, 7) is 1.61. The van der Waals surface area contributed by atoms with E-state index < -0.39 is 14.9 Å². The lowest BCUT2D eigenvalue weighted by Gasteiger charge is -2.09. The van der Waals surface area contributed by atoms with E-state index in [1.165, 1.54) is 43.3 Å². The highest BCUT2D eigenvalue weighted by Gasteiger charge is 2.28. The number of nitrogens with one attached hydrogen (secondary N) is 2. The number of nitrogens with zero attached hydrogens (tertiary/aromatic N) is 3. The number of nitro benzene ring substituents is 1. The molecule has 2 aromatic carbocycles. The topological polar surface area (TPSA) is 157 Å². The molecular weight excluding hydrogens is 438 g/mol. The van der Waals surface area contributed by atoms with Crippen molar-refractivity contribution in [1.29, 1.82) is 0 Å². The third-order valence-electron chi connectivity index (χ3n) is 4.91. The fraction of sp³-hybridized carbons (Fsp3) is 0.250. The molecule has 3 aromatic rings. The zero-order chi connectivity index (χ0) is 22.9. The third-order valence-corrected chi connectivity index (χ3v) is 6.29. The molecule has 0 bridgehead atoms. The summed E-state index contributed by atoms with van der Waals surface area (Å²) < 4.78 is 32.6. The second-order valence-electron chi connectivity index (χ2n) is 7.39. The predicted octanol–water partition coefficient (Wildman–Crippen LogP) is 2.89. The molecule has 0 atom stereocenters. The van der Waals surface area contributed by atoms with Crippen molar-refractivity contribution in [2.75, 3.05) is 4.72 Å². The molecule has 32 heavy (non-hydrogen) atoms. The normalized spacial score (nSPS) is 13.5. The van der Waals surface area contributed by atoms with Crippen molar-refractivity contribution in [3.63, 3.8) is 0 Å². The van der Waals surface area contributed by atoms with Crippen LogP contribution in [0.15, 0.2) is 51.9 Å². The molecule has 1 aliphatic carbocycles. The summed E-state index contributed by atoms with van der Waals surface area (Å²) in [7, 11) is -4.05. The van der Waals surface area contributed by atoms with Crippen molar-refractivity contribution in [3.8, 4) is 0 Å². The van der Waals surface area contributed by atoms with Gasteiger partial charge in [-0.1, -0.05) is 11.2 Å². The number of rotatable bonds is 8. The first-order chi connectivity index (χ1) is 15.2. The van der Waals surface area contributed by atoms with E-state index in [0.29, 0.717) is 28.8 Å². The Morgan fingerprint density at radius 1 is 1.22 bits per heavy atom. The SMILES string of the molecule is Cc1ccc(S(=O)(=O)Nc2ccc(C(=O)NCc3nc(C4CC4)no3)cc2)cc1[N+](=O)[O-]. The molecule has 11 nitrogen and oxygen atoms in total. The maximum Gasteiger partial charge on any atom is 0.273 e. The minimum atomic E-state index is -4.05. The van der Waals surface area contributed by atoms with E-state index in [1.807, 2.05) is 0 Å². The van der Waals surface area contributed by atoms with Crippen LogP contribution in [0, 0.1) is 17.0 Å². The molecule has 1 fully saturated rings. The zero-order valence-electron chi connectivity index (χ0n) is 16.9. The summed E-state index contributed by atoms with van der Waals surface area (Å²) in [6.07, 6.45) is 2.09. The minimum absolute atomic E-state index is 0.0825. The molecule has 0 aliphatic heterocycles. The van der Waals surface area contributed by atoms with Crippen LogP contribution in [0.5, 0.6) is 0 Å². The number of hydrogen-bond acceptors (Lipinski definition) is 8. The van der Waals surface area contributed by atoms with E-state index >= 15 is 0 Å². The van der Waals surface area contributed by atoms with Crippen molar-refractivity contribution in [2.45, 2.75) is 37.1 Å². The van der Waals surface area contributed by atoms with Gasteiger partial charge in [0.05, 0.1) is 16.4 Å². The van der Waals surface area contributed by atoms with Gasteiger partial charge in [0.1, 0.15) is 0 Å². The van der Waals surface area contributed by atoms with E-state index in [2.05, 4.69) is 20.2 Å². The second kappa shape index (κ2) is 8.38. The van der Waals surface area contributed by atoms with Crippen LogP contribution in [0.1, 0.15) is 46.4 Å². The van der Waals surface area contributed by atoms with E-state index in [1.54, 1.807) is 0 Å². The Kier molecular flexibility index (Phi) is 5.61. The Balaban J connectivity index is 1.39. The van der Waals surface area contributed by atoms with Gasteiger partial charge in [0.25, 0.3) is 21.6 Å². The fourth-order valence-electron chi connectivity index (χ4n) is 2.96. The highest BCUT2D eigenvalue weighted by atomic mass is 32.2. The molecule has 0 spiro atoms. The van der Waals surface area contributed by atoms with Crippen LogP contribution in [0.4, 0.5) is 11.4 Å². The van der Waals surface area contributed by atoms with Crippen LogP contribution in [-0.2, 0) is 16.6 Å². The van der Waals surface area contributed by atoms with Crippen molar-refractivity contribution in [2.24, 2.45) is 0 Å². The molecule has 4 rings (SSSR count). The van der Waals surface area contributed by atoms with Gasteiger partial charge >= 0.3 is 0 Å². The van der Waals surface area contributed by atoms with Crippen molar-refractivity contribution < 1.29 is 22.7 Å². The van der Waals surface area contributed by atoms with Gasteiger partial charge in [0.15, 0.2) is 5.82 Å². The van der Waals surface area contributed by atoms with E-state index in [9.17, 15) is 23.3 Å². The Morgan fingerprint density at radius 2 is 1.94 bits per heavy atom. The molecule has 1 aromatic heterocycles. The first-order valence-corrected chi connectivity index (χ1v) is 11.2. The summed E-state index contributed by atoms with van der Waals surface area (Å²) in [4.78, 5) is 26.8. The summed E-state index contributed by atoms with van der Waals surface area (Å²) in [5, 5.41) is 17.6. The van der Waals surface area contributed by atoms with Gasteiger partial charge < -0.3 is 9.84 Å². The minimum Gasteiger partial charge on any atom is -0.343 e.